The van der Waals surface area contributed by atoms with Crippen LogP contribution >= 0.6 is 11.3 Å². The van der Waals surface area contributed by atoms with E-state index in [9.17, 15) is 4.39 Å². The first-order valence-corrected chi connectivity index (χ1v) is 8.23. The number of hydrogen-bond acceptors (Lipinski definition) is 4. The van der Waals surface area contributed by atoms with Crippen LogP contribution in [0.25, 0.3) is 0 Å². The highest BCUT2D eigenvalue weighted by molar-refractivity contribution is 7.15. The molecule has 0 aliphatic heterocycles. The Morgan fingerprint density at radius 3 is 2.71 bits per heavy atom. The fourth-order valence-electron chi connectivity index (χ4n) is 2.21. The number of nitrogens with one attached hydrogen (secondary N) is 1. The number of aromatic nitrogens is 1. The molecule has 0 saturated heterocycles. The van der Waals surface area contributed by atoms with Crippen molar-refractivity contribution in [2.75, 3.05) is 18.0 Å². The summed E-state index contributed by atoms with van der Waals surface area (Å²) in [4.78, 5) is 8.07. The molecule has 1 N–H and O–H groups in total. The minimum atomic E-state index is -0.217. The van der Waals surface area contributed by atoms with Gasteiger partial charge in [-0.15, -0.1) is 0 Å². The number of anilines is 2. The van der Waals surface area contributed by atoms with Gasteiger partial charge in [-0.05, 0) is 38.1 Å². The highest BCUT2D eigenvalue weighted by atomic mass is 32.1. The standard InChI is InChI=1S/C16H22FN3S/c1-4-14-15(11-18-5-2)21-16(19-14)20(6-3)13-9-7-8-12(17)10-13/h7-10,18H,4-6,11H2,1-3H3. The van der Waals surface area contributed by atoms with Crippen LogP contribution in [0, 0.1) is 5.82 Å². The van der Waals surface area contributed by atoms with Gasteiger partial charge >= 0.3 is 0 Å². The van der Waals surface area contributed by atoms with Crippen molar-refractivity contribution in [2.24, 2.45) is 0 Å². The SMILES string of the molecule is CCNCc1sc(N(CC)c2cccc(F)c2)nc1CC. The second-order valence-corrected chi connectivity index (χ2v) is 5.79. The average Bonchev–Trinajstić information content (AvgIpc) is 2.89. The van der Waals surface area contributed by atoms with Crippen molar-refractivity contribution in [1.82, 2.24) is 10.3 Å². The maximum Gasteiger partial charge on any atom is 0.190 e. The van der Waals surface area contributed by atoms with Gasteiger partial charge in [-0.25, -0.2) is 9.37 Å². The Bertz CT molecular complexity index is 583. The Labute approximate surface area is 129 Å². The van der Waals surface area contributed by atoms with Crippen LogP contribution in [-0.2, 0) is 13.0 Å². The predicted octanol–water partition coefficient (Wildman–Crippen LogP) is 4.11. The molecule has 0 saturated carbocycles. The topological polar surface area (TPSA) is 28.2 Å². The Morgan fingerprint density at radius 2 is 2.10 bits per heavy atom. The first-order valence-electron chi connectivity index (χ1n) is 7.41. The van der Waals surface area contributed by atoms with Gasteiger partial charge in [0, 0.05) is 23.7 Å². The molecule has 0 aliphatic rings. The minimum absolute atomic E-state index is 0.217. The van der Waals surface area contributed by atoms with E-state index in [0.29, 0.717) is 0 Å². The van der Waals surface area contributed by atoms with E-state index >= 15 is 0 Å². The summed E-state index contributed by atoms with van der Waals surface area (Å²) >= 11 is 1.69. The molecule has 2 rings (SSSR count). The van der Waals surface area contributed by atoms with E-state index in [1.54, 1.807) is 23.5 Å². The smallest absolute Gasteiger partial charge is 0.190 e. The van der Waals surface area contributed by atoms with E-state index in [4.69, 9.17) is 4.98 Å². The van der Waals surface area contributed by atoms with Crippen LogP contribution in [0.5, 0.6) is 0 Å². The predicted molar refractivity (Wildman–Crippen MR) is 88.0 cm³/mol. The van der Waals surface area contributed by atoms with Crippen LogP contribution in [0.2, 0.25) is 0 Å². The molecule has 114 valence electrons. The second kappa shape index (κ2) is 7.52. The molecule has 0 bridgehead atoms. The van der Waals surface area contributed by atoms with E-state index in [0.717, 1.165) is 42.6 Å². The molecule has 0 spiro atoms. The zero-order chi connectivity index (χ0) is 15.2. The van der Waals surface area contributed by atoms with Crippen molar-refractivity contribution in [3.05, 3.63) is 40.7 Å². The summed E-state index contributed by atoms with van der Waals surface area (Å²) < 4.78 is 13.4. The summed E-state index contributed by atoms with van der Waals surface area (Å²) in [6.07, 6.45) is 0.915. The highest BCUT2D eigenvalue weighted by Crippen LogP contribution is 2.32. The average molecular weight is 307 g/mol. The molecule has 1 aromatic carbocycles. The van der Waals surface area contributed by atoms with Crippen LogP contribution in [0.3, 0.4) is 0 Å². The number of hydrogen-bond donors (Lipinski definition) is 1. The fourth-order valence-corrected chi connectivity index (χ4v) is 3.41. The molecule has 21 heavy (non-hydrogen) atoms. The summed E-state index contributed by atoms with van der Waals surface area (Å²) in [6.45, 7) is 8.82. The van der Waals surface area contributed by atoms with E-state index in [-0.39, 0.29) is 5.82 Å². The van der Waals surface area contributed by atoms with Crippen molar-refractivity contribution in [3.63, 3.8) is 0 Å². The van der Waals surface area contributed by atoms with Gasteiger partial charge in [-0.3, -0.25) is 0 Å². The monoisotopic (exact) mass is 307 g/mol. The van der Waals surface area contributed by atoms with Gasteiger partial charge in [0.2, 0.25) is 0 Å². The molecule has 0 atom stereocenters. The van der Waals surface area contributed by atoms with Crippen molar-refractivity contribution < 1.29 is 4.39 Å². The van der Waals surface area contributed by atoms with E-state index in [2.05, 4.69) is 31.0 Å². The molecule has 5 heteroatoms. The molecule has 3 nitrogen and oxygen atoms in total. The summed E-state index contributed by atoms with van der Waals surface area (Å²) in [5.74, 6) is -0.217. The third-order valence-corrected chi connectivity index (χ3v) is 4.43. The molecule has 2 aromatic rings. The molecule has 1 aromatic heterocycles. The Balaban J connectivity index is 2.31. The van der Waals surface area contributed by atoms with E-state index < -0.39 is 0 Å². The van der Waals surface area contributed by atoms with E-state index in [1.165, 1.54) is 10.9 Å². The van der Waals surface area contributed by atoms with Gasteiger partial charge in [0.15, 0.2) is 5.13 Å². The quantitative estimate of drug-likeness (QED) is 0.834. The minimum Gasteiger partial charge on any atom is -0.318 e. The Morgan fingerprint density at radius 1 is 1.29 bits per heavy atom. The number of thiazole rings is 1. The molecular formula is C16H22FN3S. The Hall–Kier alpha value is -1.46. The van der Waals surface area contributed by atoms with Crippen molar-refractivity contribution >= 4 is 22.2 Å². The fraction of sp³-hybridized carbons (Fsp3) is 0.438. The molecule has 0 fully saturated rings. The van der Waals surface area contributed by atoms with Gasteiger partial charge in [0.1, 0.15) is 5.82 Å². The second-order valence-electron chi connectivity index (χ2n) is 4.72. The first kappa shape index (κ1) is 15.9. The third-order valence-electron chi connectivity index (χ3n) is 3.30. The van der Waals surface area contributed by atoms with Crippen LogP contribution < -0.4 is 10.2 Å². The van der Waals surface area contributed by atoms with Crippen LogP contribution in [0.1, 0.15) is 31.3 Å². The van der Waals surface area contributed by atoms with Gasteiger partial charge < -0.3 is 10.2 Å². The normalized spacial score (nSPS) is 10.9. The lowest BCUT2D eigenvalue weighted by Crippen LogP contribution is -2.15. The van der Waals surface area contributed by atoms with Crippen molar-refractivity contribution in [3.8, 4) is 0 Å². The molecule has 0 radical (unpaired) electrons. The van der Waals surface area contributed by atoms with Gasteiger partial charge in [-0.1, -0.05) is 31.3 Å². The molecule has 0 amide bonds. The number of benzene rings is 1. The summed E-state index contributed by atoms with van der Waals surface area (Å²) in [7, 11) is 0. The van der Waals surface area contributed by atoms with Gasteiger partial charge in [0.05, 0.1) is 5.69 Å². The van der Waals surface area contributed by atoms with Gasteiger partial charge in [0.25, 0.3) is 0 Å². The zero-order valence-electron chi connectivity index (χ0n) is 12.8. The number of halogens is 1. The molecular weight excluding hydrogens is 285 g/mol. The van der Waals surface area contributed by atoms with Crippen LogP contribution in [-0.4, -0.2) is 18.1 Å². The maximum absolute atomic E-state index is 13.4. The lowest BCUT2D eigenvalue weighted by molar-refractivity contribution is 0.627. The third kappa shape index (κ3) is 3.80. The molecule has 0 unspecified atom stereocenters. The van der Waals surface area contributed by atoms with Crippen LogP contribution in [0.4, 0.5) is 15.2 Å². The highest BCUT2D eigenvalue weighted by Gasteiger charge is 2.16. The Kier molecular flexibility index (Phi) is 5.70. The molecule has 1 heterocycles. The number of aryl methyl sites for hydroxylation is 1. The largest absolute Gasteiger partial charge is 0.318 e. The summed E-state index contributed by atoms with van der Waals surface area (Å²) in [5.41, 5.74) is 1.98. The zero-order valence-corrected chi connectivity index (χ0v) is 13.6. The van der Waals surface area contributed by atoms with Crippen molar-refractivity contribution in [1.29, 1.82) is 0 Å². The number of rotatable bonds is 7. The first-order chi connectivity index (χ1) is 10.2. The number of nitrogens with zero attached hydrogens (tertiary/aromatic N) is 2. The maximum atomic E-state index is 13.4. The molecule has 0 aliphatic carbocycles. The lowest BCUT2D eigenvalue weighted by atomic mass is 10.3. The summed E-state index contributed by atoms with van der Waals surface area (Å²) in [5, 5.41) is 4.29. The lowest BCUT2D eigenvalue weighted by Gasteiger charge is -2.19. The van der Waals surface area contributed by atoms with Crippen LogP contribution in [0.15, 0.2) is 24.3 Å². The summed E-state index contributed by atoms with van der Waals surface area (Å²) in [6, 6.07) is 6.68. The van der Waals surface area contributed by atoms with E-state index in [1.807, 2.05) is 6.07 Å². The van der Waals surface area contributed by atoms with Crippen molar-refractivity contribution in [2.45, 2.75) is 33.7 Å². The van der Waals surface area contributed by atoms with Gasteiger partial charge in [-0.2, -0.15) is 0 Å².